The molecule has 2 rings (SSSR count). The van der Waals surface area contributed by atoms with Crippen LogP contribution < -0.4 is 14.9 Å². The molecule has 0 saturated heterocycles. The van der Waals surface area contributed by atoms with Crippen molar-refractivity contribution >= 4 is 19.8 Å². The van der Waals surface area contributed by atoms with Crippen LogP contribution in [0.5, 0.6) is 5.75 Å². The van der Waals surface area contributed by atoms with Gasteiger partial charge in [0.2, 0.25) is 0 Å². The summed E-state index contributed by atoms with van der Waals surface area (Å²) in [6.07, 6.45) is -0.953. The minimum Gasteiger partial charge on any atom is -0.462 e. The lowest BCUT2D eigenvalue weighted by Gasteiger charge is -2.30. The van der Waals surface area contributed by atoms with E-state index in [1.165, 1.54) is 6.92 Å². The number of hydrogen-bond acceptors (Lipinski definition) is 8. The van der Waals surface area contributed by atoms with E-state index < -0.39 is 60.4 Å². The van der Waals surface area contributed by atoms with E-state index in [0.29, 0.717) is 6.08 Å². The van der Waals surface area contributed by atoms with Crippen LogP contribution >= 0.6 is 7.49 Å². The van der Waals surface area contributed by atoms with Crippen LogP contribution in [-0.4, -0.2) is 42.1 Å². The summed E-state index contributed by atoms with van der Waals surface area (Å²) in [7, 11) is -3.59. The van der Waals surface area contributed by atoms with Crippen LogP contribution in [0.2, 0.25) is 0 Å². The van der Waals surface area contributed by atoms with Gasteiger partial charge in [-0.3, -0.25) is 14.9 Å². The fourth-order valence-electron chi connectivity index (χ4n) is 2.50. The van der Waals surface area contributed by atoms with Crippen LogP contribution in [0.4, 0.5) is 13.2 Å². The predicted octanol–water partition coefficient (Wildman–Crippen LogP) is 3.74. The topological polar surface area (TPSA) is 112 Å². The highest BCUT2D eigenvalue weighted by atomic mass is 31.2. The van der Waals surface area contributed by atoms with Crippen LogP contribution in [-0.2, 0) is 14.1 Å². The van der Waals surface area contributed by atoms with E-state index in [1.54, 1.807) is 44.2 Å². The van der Waals surface area contributed by atoms with Gasteiger partial charge in [-0.05, 0) is 39.2 Å². The summed E-state index contributed by atoms with van der Waals surface area (Å²) in [5.74, 6) is -0.967. The van der Waals surface area contributed by atoms with Crippen LogP contribution in [0.15, 0.2) is 53.6 Å². The van der Waals surface area contributed by atoms with Crippen LogP contribution in [0.3, 0.4) is 0 Å². The Hall–Kier alpha value is -2.98. The average molecular weight is 477 g/mol. The number of nitro groups is 1. The van der Waals surface area contributed by atoms with E-state index in [2.05, 4.69) is 16.7 Å². The molecular weight excluding hydrogens is 454 g/mol. The quantitative estimate of drug-likeness (QED) is 0.240. The molecule has 0 aromatic heterocycles. The SMILES string of the molecule is C=P(N[C@@H](C)C(=O)OC(C)C)(OC1=C([N+](=O)[O-])C=C(C(F)(F)F)CN1)Oc1ccccc1. The van der Waals surface area contributed by atoms with Crippen molar-refractivity contribution in [3.8, 4) is 5.75 Å². The number of benzene rings is 1. The minimum atomic E-state index is -4.76. The highest BCUT2D eigenvalue weighted by Crippen LogP contribution is 2.47. The minimum absolute atomic E-state index is 0.262. The maximum Gasteiger partial charge on any atom is 0.414 e. The lowest BCUT2D eigenvalue weighted by molar-refractivity contribution is -0.422. The summed E-state index contributed by atoms with van der Waals surface area (Å²) in [6.45, 7) is 3.99. The standard InChI is InChI=1S/C19H23F3N3O6P/c1-12(2)29-18(26)13(3)24-32(4,30-15-8-6-5-7-9-15)31-17-16(25(27)28)10-14(11-23-17)19(20,21)22/h5-10,12-13,23-24H,4,11H2,1-3H3/t13-,32?/m0/s1. The number of nitrogens with zero attached hydrogens (tertiary/aromatic N) is 1. The molecule has 32 heavy (non-hydrogen) atoms. The third-order valence-corrected chi connectivity index (χ3v) is 5.64. The number of alkyl halides is 3. The summed E-state index contributed by atoms with van der Waals surface area (Å²) >= 11 is 0. The van der Waals surface area contributed by atoms with E-state index in [-0.39, 0.29) is 5.75 Å². The molecule has 1 heterocycles. The molecule has 0 fully saturated rings. The molecule has 0 saturated carbocycles. The van der Waals surface area contributed by atoms with Gasteiger partial charge < -0.3 is 19.1 Å². The summed E-state index contributed by atoms with van der Waals surface area (Å²) in [6, 6.07) is 7.12. The number of nitrogens with one attached hydrogen (secondary N) is 2. The van der Waals surface area contributed by atoms with Gasteiger partial charge in [0.05, 0.1) is 16.6 Å². The molecule has 0 bridgehead atoms. The number of allylic oxidation sites excluding steroid dienone is 1. The van der Waals surface area contributed by atoms with Crippen LogP contribution in [0, 0.1) is 10.1 Å². The van der Waals surface area contributed by atoms with Gasteiger partial charge in [-0.25, -0.2) is 5.09 Å². The number of carbonyl (C=O) groups is 1. The number of para-hydroxylation sites is 1. The Morgan fingerprint density at radius 3 is 2.41 bits per heavy atom. The first-order valence-corrected chi connectivity index (χ1v) is 11.2. The van der Waals surface area contributed by atoms with E-state index in [0.717, 1.165) is 0 Å². The molecule has 2 N–H and O–H groups in total. The first kappa shape index (κ1) is 25.3. The zero-order valence-electron chi connectivity index (χ0n) is 17.5. The Labute approximate surface area is 182 Å². The van der Waals surface area contributed by atoms with Crippen LogP contribution in [0.25, 0.3) is 0 Å². The van der Waals surface area contributed by atoms with Gasteiger partial charge in [-0.15, -0.1) is 0 Å². The van der Waals surface area contributed by atoms with Crippen molar-refractivity contribution in [3.05, 3.63) is 63.7 Å². The lowest BCUT2D eigenvalue weighted by Crippen LogP contribution is -2.38. The van der Waals surface area contributed by atoms with Gasteiger partial charge in [0.15, 0.2) is 0 Å². The summed E-state index contributed by atoms with van der Waals surface area (Å²) in [4.78, 5) is 22.6. The van der Waals surface area contributed by atoms with Crippen molar-refractivity contribution in [2.45, 2.75) is 39.1 Å². The molecule has 0 amide bonds. The van der Waals surface area contributed by atoms with Gasteiger partial charge in [-0.1, -0.05) is 18.2 Å². The van der Waals surface area contributed by atoms with Crippen molar-refractivity contribution in [2.24, 2.45) is 0 Å². The predicted molar refractivity (Wildman–Crippen MR) is 112 cm³/mol. The normalized spacial score (nSPS) is 17.0. The molecule has 1 aliphatic rings. The highest BCUT2D eigenvalue weighted by molar-refractivity contribution is 7.63. The molecule has 0 spiro atoms. The number of dihydropyridines is 1. The average Bonchev–Trinajstić information content (AvgIpc) is 2.67. The first-order valence-electron chi connectivity index (χ1n) is 9.37. The number of rotatable bonds is 9. The van der Waals surface area contributed by atoms with Gasteiger partial charge in [-0.2, -0.15) is 13.2 Å². The number of hydrogen-bond donors (Lipinski definition) is 2. The fraction of sp³-hybridized carbons (Fsp3) is 0.368. The number of halogens is 3. The maximum absolute atomic E-state index is 13.0. The molecule has 1 unspecified atom stereocenters. The second kappa shape index (κ2) is 10.1. The molecule has 1 aliphatic heterocycles. The van der Waals surface area contributed by atoms with Crippen molar-refractivity contribution in [1.29, 1.82) is 0 Å². The molecule has 13 heteroatoms. The molecular formula is C19H23F3N3O6P. The van der Waals surface area contributed by atoms with Crippen molar-refractivity contribution < 1.29 is 36.7 Å². The zero-order chi connectivity index (χ0) is 24.1. The largest absolute Gasteiger partial charge is 0.462 e. The lowest BCUT2D eigenvalue weighted by atomic mass is 10.1. The van der Waals surface area contributed by atoms with E-state index in [9.17, 15) is 28.1 Å². The fourth-order valence-corrected chi connectivity index (χ4v) is 4.25. The zero-order valence-corrected chi connectivity index (χ0v) is 18.4. The molecule has 176 valence electrons. The van der Waals surface area contributed by atoms with Crippen molar-refractivity contribution in [3.63, 3.8) is 0 Å². The molecule has 1 aromatic carbocycles. The Bertz CT molecular complexity index is 963. The van der Waals surface area contributed by atoms with Gasteiger partial charge in [0.25, 0.3) is 13.4 Å². The smallest absolute Gasteiger partial charge is 0.414 e. The Morgan fingerprint density at radius 2 is 1.88 bits per heavy atom. The third-order valence-electron chi connectivity index (χ3n) is 3.87. The Balaban J connectivity index is 2.41. The van der Waals surface area contributed by atoms with E-state index in [4.69, 9.17) is 13.8 Å². The number of ether oxygens (including phenoxy) is 1. The highest BCUT2D eigenvalue weighted by Gasteiger charge is 2.40. The third kappa shape index (κ3) is 7.03. The Morgan fingerprint density at radius 1 is 1.25 bits per heavy atom. The molecule has 0 aliphatic carbocycles. The number of esters is 1. The van der Waals surface area contributed by atoms with Crippen LogP contribution in [0.1, 0.15) is 20.8 Å². The van der Waals surface area contributed by atoms with Gasteiger partial charge in [0, 0.05) is 12.6 Å². The second-order valence-electron chi connectivity index (χ2n) is 7.00. The second-order valence-corrected chi connectivity index (χ2v) is 8.97. The van der Waals surface area contributed by atoms with E-state index in [1.807, 2.05) is 0 Å². The molecule has 1 aromatic rings. The van der Waals surface area contributed by atoms with Gasteiger partial charge in [0.1, 0.15) is 11.8 Å². The maximum atomic E-state index is 13.0. The number of carbonyl (C=O) groups excluding carboxylic acids is 1. The summed E-state index contributed by atoms with van der Waals surface area (Å²) in [5.41, 5.74) is -2.09. The molecule has 9 nitrogen and oxygen atoms in total. The molecule has 0 radical (unpaired) electrons. The monoisotopic (exact) mass is 477 g/mol. The van der Waals surface area contributed by atoms with Crippen molar-refractivity contribution in [2.75, 3.05) is 6.54 Å². The first-order chi connectivity index (χ1) is 14.8. The van der Waals surface area contributed by atoms with Gasteiger partial charge >= 0.3 is 17.8 Å². The van der Waals surface area contributed by atoms with Crippen molar-refractivity contribution in [1.82, 2.24) is 10.4 Å². The molecule has 2 atom stereocenters. The summed E-state index contributed by atoms with van der Waals surface area (Å²) < 4.78 is 55.5. The Kier molecular flexibility index (Phi) is 7.97. The van der Waals surface area contributed by atoms with E-state index >= 15 is 0 Å². The summed E-state index contributed by atoms with van der Waals surface area (Å²) in [5, 5.41) is 16.4.